The molecule has 2 aromatic rings. The van der Waals surface area contributed by atoms with E-state index >= 15 is 0 Å². The average Bonchev–Trinajstić information content (AvgIpc) is 2.58. The Morgan fingerprint density at radius 2 is 1.50 bits per heavy atom. The molecule has 0 bridgehead atoms. The predicted octanol–water partition coefficient (Wildman–Crippen LogP) is 3.64. The van der Waals surface area contributed by atoms with Crippen LogP contribution in [0.15, 0.2) is 47.4 Å². The molecule has 4 nitrogen and oxygen atoms in total. The number of halogens is 3. The molecule has 0 radical (unpaired) electrons. The molecule has 0 aromatic heterocycles. The van der Waals surface area contributed by atoms with Crippen molar-refractivity contribution >= 4 is 38.9 Å². The van der Waals surface area contributed by atoms with Gasteiger partial charge < -0.3 is 4.90 Å². The average molecular weight is 389 g/mol. The van der Waals surface area contributed by atoms with Gasteiger partial charge >= 0.3 is 0 Å². The molecule has 0 spiro atoms. The minimum absolute atomic E-state index is 0.132. The molecule has 0 aliphatic carbocycles. The predicted molar refractivity (Wildman–Crippen MR) is 93.8 cm³/mol. The molecule has 0 saturated carbocycles. The lowest BCUT2D eigenvalue weighted by Crippen LogP contribution is -2.48. The van der Waals surface area contributed by atoms with E-state index in [1.54, 1.807) is 12.1 Å². The third-order valence-corrected chi connectivity index (χ3v) is 6.59. The zero-order valence-corrected chi connectivity index (χ0v) is 15.0. The Labute approximate surface area is 150 Å². The van der Waals surface area contributed by atoms with Crippen molar-refractivity contribution in [1.82, 2.24) is 4.31 Å². The number of rotatable bonds is 3. The first kappa shape index (κ1) is 17.5. The summed E-state index contributed by atoms with van der Waals surface area (Å²) in [5, 5.41) is 0.527. The number of hydrogen-bond acceptors (Lipinski definition) is 3. The maximum absolute atomic E-state index is 13.0. The SMILES string of the molecule is O=S(=O)(c1ccc(Cl)c(Cl)c1)N1CCN(c2ccc(F)cc2)CC1. The normalized spacial score (nSPS) is 16.4. The van der Waals surface area contributed by atoms with Crippen LogP contribution >= 0.6 is 23.2 Å². The van der Waals surface area contributed by atoms with Gasteiger partial charge in [0.05, 0.1) is 14.9 Å². The minimum Gasteiger partial charge on any atom is -0.369 e. The van der Waals surface area contributed by atoms with Gasteiger partial charge in [-0.15, -0.1) is 0 Å². The maximum atomic E-state index is 13.0. The zero-order valence-electron chi connectivity index (χ0n) is 12.6. The maximum Gasteiger partial charge on any atom is 0.243 e. The first-order valence-corrected chi connectivity index (χ1v) is 9.53. The van der Waals surface area contributed by atoms with E-state index in [9.17, 15) is 12.8 Å². The fourth-order valence-electron chi connectivity index (χ4n) is 2.62. The standard InChI is InChI=1S/C16H15Cl2FN2O2S/c17-15-6-5-14(11-16(15)18)24(22,23)21-9-7-20(8-10-21)13-3-1-12(19)2-4-13/h1-6,11H,7-10H2. The highest BCUT2D eigenvalue weighted by atomic mass is 35.5. The highest BCUT2D eigenvalue weighted by Crippen LogP contribution is 2.27. The van der Waals surface area contributed by atoms with Crippen molar-refractivity contribution in [1.29, 1.82) is 0 Å². The number of hydrogen-bond donors (Lipinski definition) is 0. The molecule has 0 unspecified atom stereocenters. The van der Waals surface area contributed by atoms with Gasteiger partial charge in [-0.1, -0.05) is 23.2 Å². The molecule has 1 fully saturated rings. The lowest BCUT2D eigenvalue weighted by molar-refractivity contribution is 0.385. The van der Waals surface area contributed by atoms with E-state index in [1.807, 2.05) is 4.90 Å². The summed E-state index contributed by atoms with van der Waals surface area (Å²) >= 11 is 11.8. The van der Waals surface area contributed by atoms with Gasteiger partial charge in [0.1, 0.15) is 5.82 Å². The molecule has 24 heavy (non-hydrogen) atoms. The minimum atomic E-state index is -3.61. The Balaban J connectivity index is 1.73. The summed E-state index contributed by atoms with van der Waals surface area (Å²) in [6.07, 6.45) is 0. The molecule has 128 valence electrons. The largest absolute Gasteiger partial charge is 0.369 e. The molecule has 8 heteroatoms. The van der Waals surface area contributed by atoms with Crippen LogP contribution in [-0.2, 0) is 10.0 Å². The van der Waals surface area contributed by atoms with E-state index in [0.29, 0.717) is 31.2 Å². The Bertz CT molecular complexity index is 836. The molecule has 1 heterocycles. The van der Waals surface area contributed by atoms with Crippen molar-refractivity contribution in [3.05, 3.63) is 58.3 Å². The Morgan fingerprint density at radius 3 is 2.08 bits per heavy atom. The number of sulfonamides is 1. The van der Waals surface area contributed by atoms with E-state index in [4.69, 9.17) is 23.2 Å². The molecular weight excluding hydrogens is 374 g/mol. The summed E-state index contributed by atoms with van der Waals surface area (Å²) in [5.41, 5.74) is 0.878. The Hall–Kier alpha value is -1.34. The van der Waals surface area contributed by atoms with Gasteiger partial charge in [0.2, 0.25) is 10.0 Å². The number of anilines is 1. The van der Waals surface area contributed by atoms with Crippen molar-refractivity contribution in [3.63, 3.8) is 0 Å². The van der Waals surface area contributed by atoms with E-state index in [2.05, 4.69) is 0 Å². The van der Waals surface area contributed by atoms with Crippen molar-refractivity contribution < 1.29 is 12.8 Å². The number of nitrogens with zero attached hydrogens (tertiary/aromatic N) is 2. The second-order valence-corrected chi connectivity index (χ2v) is 8.20. The third kappa shape index (κ3) is 3.52. The quantitative estimate of drug-likeness (QED) is 0.805. The molecular formula is C16H15Cl2FN2O2S. The summed E-state index contributed by atoms with van der Waals surface area (Å²) in [6, 6.07) is 10.5. The van der Waals surface area contributed by atoms with Crippen LogP contribution in [0, 0.1) is 5.82 Å². The third-order valence-electron chi connectivity index (χ3n) is 3.96. The van der Waals surface area contributed by atoms with Crippen molar-refractivity contribution in [3.8, 4) is 0 Å². The van der Waals surface area contributed by atoms with Gasteiger partial charge in [-0.05, 0) is 42.5 Å². The smallest absolute Gasteiger partial charge is 0.243 e. The number of benzene rings is 2. The van der Waals surface area contributed by atoms with E-state index in [1.165, 1.54) is 34.6 Å². The van der Waals surface area contributed by atoms with Gasteiger partial charge in [0, 0.05) is 31.9 Å². The van der Waals surface area contributed by atoms with Gasteiger partial charge in [-0.2, -0.15) is 4.31 Å². The molecule has 0 amide bonds. The molecule has 0 atom stereocenters. The first-order chi connectivity index (χ1) is 11.4. The molecule has 3 rings (SSSR count). The van der Waals surface area contributed by atoms with Gasteiger partial charge in [0.25, 0.3) is 0 Å². The lowest BCUT2D eigenvalue weighted by atomic mass is 10.2. The fourth-order valence-corrected chi connectivity index (χ4v) is 4.44. The fraction of sp³-hybridized carbons (Fsp3) is 0.250. The second kappa shape index (κ2) is 6.88. The summed E-state index contributed by atoms with van der Waals surface area (Å²) < 4.78 is 39.8. The Kier molecular flexibility index (Phi) is 5.01. The van der Waals surface area contributed by atoms with Crippen LogP contribution in [0.25, 0.3) is 0 Å². The molecule has 1 saturated heterocycles. The monoisotopic (exact) mass is 388 g/mol. The van der Waals surface area contributed by atoms with Crippen LogP contribution in [0.5, 0.6) is 0 Å². The number of piperazine rings is 1. The molecule has 1 aliphatic heterocycles. The lowest BCUT2D eigenvalue weighted by Gasteiger charge is -2.35. The van der Waals surface area contributed by atoms with Crippen LogP contribution in [0.1, 0.15) is 0 Å². The highest BCUT2D eigenvalue weighted by Gasteiger charge is 2.29. The molecule has 0 N–H and O–H groups in total. The van der Waals surface area contributed by atoms with Gasteiger partial charge in [0.15, 0.2) is 0 Å². The van der Waals surface area contributed by atoms with Crippen LogP contribution in [0.2, 0.25) is 10.0 Å². The van der Waals surface area contributed by atoms with Gasteiger partial charge in [-0.25, -0.2) is 12.8 Å². The van der Waals surface area contributed by atoms with Crippen LogP contribution < -0.4 is 4.90 Å². The van der Waals surface area contributed by atoms with E-state index in [-0.39, 0.29) is 15.7 Å². The topological polar surface area (TPSA) is 40.6 Å². The second-order valence-electron chi connectivity index (χ2n) is 5.44. The summed E-state index contributed by atoms with van der Waals surface area (Å²) in [5.74, 6) is -0.292. The van der Waals surface area contributed by atoms with Gasteiger partial charge in [-0.3, -0.25) is 0 Å². The Morgan fingerprint density at radius 1 is 0.875 bits per heavy atom. The van der Waals surface area contributed by atoms with Crippen molar-refractivity contribution in [2.45, 2.75) is 4.90 Å². The van der Waals surface area contributed by atoms with Crippen molar-refractivity contribution in [2.75, 3.05) is 31.1 Å². The summed E-state index contributed by atoms with van der Waals surface area (Å²) in [7, 11) is -3.61. The van der Waals surface area contributed by atoms with Crippen LogP contribution in [0.3, 0.4) is 0 Å². The first-order valence-electron chi connectivity index (χ1n) is 7.33. The summed E-state index contributed by atoms with van der Waals surface area (Å²) in [6.45, 7) is 1.76. The summed E-state index contributed by atoms with van der Waals surface area (Å²) in [4.78, 5) is 2.16. The van der Waals surface area contributed by atoms with Crippen LogP contribution in [-0.4, -0.2) is 38.9 Å². The highest BCUT2D eigenvalue weighted by molar-refractivity contribution is 7.89. The zero-order chi connectivity index (χ0) is 17.3. The van der Waals surface area contributed by atoms with Crippen molar-refractivity contribution in [2.24, 2.45) is 0 Å². The van der Waals surface area contributed by atoms with E-state index < -0.39 is 10.0 Å². The van der Waals surface area contributed by atoms with E-state index in [0.717, 1.165) is 5.69 Å². The molecule has 2 aromatic carbocycles. The molecule has 1 aliphatic rings. The van der Waals surface area contributed by atoms with Crippen LogP contribution in [0.4, 0.5) is 10.1 Å².